The van der Waals surface area contributed by atoms with Gasteiger partial charge in [0.2, 0.25) is 0 Å². The maximum absolute atomic E-state index is 11.7. The number of nitrogens with one attached hydrogen (secondary N) is 1. The largest absolute Gasteiger partial charge is 0.392 e. The number of hydrogen-bond donors (Lipinski definition) is 2. The van der Waals surface area contributed by atoms with Crippen LogP contribution in [0.2, 0.25) is 0 Å². The molecular formula is C17H26N2O3S. The topological polar surface area (TPSA) is 69.6 Å². The second kappa shape index (κ2) is 7.30. The molecule has 0 saturated carbocycles. The minimum Gasteiger partial charge on any atom is -0.392 e. The van der Waals surface area contributed by atoms with Crippen molar-refractivity contribution in [3.8, 4) is 0 Å². The zero-order valence-electron chi connectivity index (χ0n) is 13.4. The van der Waals surface area contributed by atoms with Crippen molar-refractivity contribution < 1.29 is 13.5 Å². The molecule has 0 bridgehead atoms. The van der Waals surface area contributed by atoms with Crippen LogP contribution in [0.15, 0.2) is 30.3 Å². The van der Waals surface area contributed by atoms with Crippen LogP contribution in [0.1, 0.15) is 24.8 Å². The van der Waals surface area contributed by atoms with Crippen LogP contribution in [0.5, 0.6) is 0 Å². The van der Waals surface area contributed by atoms with E-state index in [4.69, 9.17) is 0 Å². The number of benzene rings is 1. The average Bonchev–Trinajstić information content (AvgIpc) is 2.85. The lowest BCUT2D eigenvalue weighted by atomic mass is 10.1. The molecule has 3 rings (SSSR count). The third-order valence-corrected chi connectivity index (χ3v) is 6.66. The summed E-state index contributed by atoms with van der Waals surface area (Å²) in [6.45, 7) is 2.25. The van der Waals surface area contributed by atoms with Gasteiger partial charge in [0.1, 0.15) is 0 Å². The molecule has 0 spiro atoms. The van der Waals surface area contributed by atoms with Crippen LogP contribution in [-0.4, -0.2) is 61.2 Å². The number of aliphatic hydroxyl groups excluding tert-OH is 1. The maximum Gasteiger partial charge on any atom is 0.151 e. The summed E-state index contributed by atoms with van der Waals surface area (Å²) < 4.78 is 23.4. The highest BCUT2D eigenvalue weighted by Gasteiger charge is 2.32. The summed E-state index contributed by atoms with van der Waals surface area (Å²) in [5.41, 5.74) is 1.24. The van der Waals surface area contributed by atoms with E-state index in [9.17, 15) is 13.5 Å². The minimum absolute atomic E-state index is 0.0602. The van der Waals surface area contributed by atoms with E-state index in [1.165, 1.54) is 5.56 Å². The number of rotatable bonds is 5. The smallest absolute Gasteiger partial charge is 0.151 e. The Morgan fingerprint density at radius 2 is 2.04 bits per heavy atom. The predicted octanol–water partition coefficient (Wildman–Crippen LogP) is 0.789. The van der Waals surface area contributed by atoms with E-state index in [1.54, 1.807) is 0 Å². The first-order valence-electron chi connectivity index (χ1n) is 8.42. The zero-order valence-corrected chi connectivity index (χ0v) is 14.2. The summed E-state index contributed by atoms with van der Waals surface area (Å²) in [4.78, 5) is 2.30. The van der Waals surface area contributed by atoms with E-state index >= 15 is 0 Å². The van der Waals surface area contributed by atoms with Gasteiger partial charge in [0.05, 0.1) is 17.6 Å². The summed E-state index contributed by atoms with van der Waals surface area (Å²) in [6, 6.07) is 10.6. The van der Waals surface area contributed by atoms with Crippen LogP contribution in [0, 0.1) is 0 Å². The van der Waals surface area contributed by atoms with Crippen molar-refractivity contribution in [2.24, 2.45) is 0 Å². The van der Waals surface area contributed by atoms with Gasteiger partial charge >= 0.3 is 0 Å². The van der Waals surface area contributed by atoms with Gasteiger partial charge in [0.15, 0.2) is 9.84 Å². The van der Waals surface area contributed by atoms with E-state index in [2.05, 4.69) is 22.3 Å². The molecular weight excluding hydrogens is 312 g/mol. The Balaban J connectivity index is 1.55. The number of nitrogens with zero attached hydrogens (tertiary/aromatic N) is 1. The van der Waals surface area contributed by atoms with Gasteiger partial charge in [0.25, 0.3) is 0 Å². The van der Waals surface area contributed by atoms with Gasteiger partial charge in [-0.15, -0.1) is 0 Å². The molecule has 2 fully saturated rings. The van der Waals surface area contributed by atoms with Crippen LogP contribution in [0.4, 0.5) is 0 Å². The Labute approximate surface area is 138 Å². The van der Waals surface area contributed by atoms with Gasteiger partial charge in [0, 0.05) is 31.7 Å². The first kappa shape index (κ1) is 16.9. The highest BCUT2D eigenvalue weighted by Crippen LogP contribution is 2.21. The van der Waals surface area contributed by atoms with Gasteiger partial charge in [-0.05, 0) is 24.8 Å². The third kappa shape index (κ3) is 4.76. The maximum atomic E-state index is 11.7. The highest BCUT2D eigenvalue weighted by molar-refractivity contribution is 7.91. The lowest BCUT2D eigenvalue weighted by Crippen LogP contribution is -2.46. The molecule has 0 amide bonds. The molecule has 2 aliphatic heterocycles. The van der Waals surface area contributed by atoms with Crippen LogP contribution in [0.3, 0.4) is 0 Å². The van der Waals surface area contributed by atoms with Crippen molar-refractivity contribution in [1.82, 2.24) is 10.2 Å². The fourth-order valence-electron chi connectivity index (χ4n) is 3.67. The summed E-state index contributed by atoms with van der Waals surface area (Å²) in [5, 5.41) is 13.4. The molecule has 128 valence electrons. The van der Waals surface area contributed by atoms with E-state index in [1.807, 2.05) is 18.2 Å². The van der Waals surface area contributed by atoms with E-state index in [0.29, 0.717) is 12.3 Å². The number of likely N-dealkylation sites (tertiary alicyclic amines) is 1. The van der Waals surface area contributed by atoms with Crippen molar-refractivity contribution in [1.29, 1.82) is 0 Å². The van der Waals surface area contributed by atoms with Crippen LogP contribution in [0.25, 0.3) is 0 Å². The molecule has 2 heterocycles. The number of β-amino-alcohol motifs (C(OH)–C–C–N with tert-alkyl or cyclic N) is 1. The molecule has 0 radical (unpaired) electrons. The van der Waals surface area contributed by atoms with Crippen molar-refractivity contribution in [3.05, 3.63) is 35.9 Å². The summed E-state index contributed by atoms with van der Waals surface area (Å²) in [6.07, 6.45) is 2.13. The molecule has 5 nitrogen and oxygen atoms in total. The van der Waals surface area contributed by atoms with E-state index in [-0.39, 0.29) is 23.9 Å². The summed E-state index contributed by atoms with van der Waals surface area (Å²) in [7, 11) is -2.88. The Kier molecular flexibility index (Phi) is 5.36. The van der Waals surface area contributed by atoms with Crippen molar-refractivity contribution in [2.75, 3.05) is 24.6 Å². The quantitative estimate of drug-likeness (QED) is 0.831. The first-order valence-corrected chi connectivity index (χ1v) is 10.2. The molecule has 1 aromatic carbocycles. The van der Waals surface area contributed by atoms with Gasteiger partial charge in [-0.2, -0.15) is 0 Å². The molecule has 1 aromatic rings. The summed E-state index contributed by atoms with van der Waals surface area (Å²) >= 11 is 0. The van der Waals surface area contributed by atoms with Crippen LogP contribution in [-0.2, 0) is 16.4 Å². The number of aliphatic hydroxyl groups is 1. The van der Waals surface area contributed by atoms with E-state index < -0.39 is 9.84 Å². The van der Waals surface area contributed by atoms with Gasteiger partial charge in [-0.3, -0.25) is 4.90 Å². The number of hydrogen-bond acceptors (Lipinski definition) is 5. The van der Waals surface area contributed by atoms with Crippen molar-refractivity contribution in [2.45, 2.75) is 44.0 Å². The van der Waals surface area contributed by atoms with Crippen LogP contribution >= 0.6 is 0 Å². The normalized spacial score (nSPS) is 31.3. The fraction of sp³-hybridized carbons (Fsp3) is 0.647. The van der Waals surface area contributed by atoms with Gasteiger partial charge in [-0.1, -0.05) is 30.3 Å². The van der Waals surface area contributed by atoms with Crippen molar-refractivity contribution >= 4 is 9.84 Å². The summed E-state index contributed by atoms with van der Waals surface area (Å²) in [5.74, 6) is 0.578. The van der Waals surface area contributed by atoms with E-state index in [0.717, 1.165) is 32.4 Å². The second-order valence-corrected chi connectivity index (χ2v) is 9.05. The first-order chi connectivity index (χ1) is 11.0. The van der Waals surface area contributed by atoms with Crippen LogP contribution < -0.4 is 5.32 Å². The standard InChI is InChI=1S/C17H26N2O3S/c20-17-9-16(10-18-15-7-4-8-23(21,22)13-15)19(12-17)11-14-5-2-1-3-6-14/h1-3,5-6,15-18,20H,4,7-13H2. The monoisotopic (exact) mass is 338 g/mol. The molecule has 2 aliphatic rings. The molecule has 3 unspecified atom stereocenters. The Hall–Kier alpha value is -0.950. The van der Waals surface area contributed by atoms with Gasteiger partial charge in [-0.25, -0.2) is 8.42 Å². The Morgan fingerprint density at radius 1 is 1.26 bits per heavy atom. The molecule has 2 N–H and O–H groups in total. The lowest BCUT2D eigenvalue weighted by molar-refractivity contribution is 0.172. The molecule has 0 aromatic heterocycles. The SMILES string of the molecule is O=S1(=O)CCCC(NCC2CC(O)CN2Cc2ccccc2)C1. The molecule has 0 aliphatic carbocycles. The number of sulfone groups is 1. The van der Waals surface area contributed by atoms with Gasteiger partial charge < -0.3 is 10.4 Å². The zero-order chi connectivity index (χ0) is 16.3. The fourth-order valence-corrected chi connectivity index (χ4v) is 5.34. The van der Waals surface area contributed by atoms with Crippen molar-refractivity contribution in [3.63, 3.8) is 0 Å². The molecule has 3 atom stereocenters. The minimum atomic E-state index is -2.88. The average molecular weight is 338 g/mol. The molecule has 23 heavy (non-hydrogen) atoms. The highest BCUT2D eigenvalue weighted by atomic mass is 32.2. The Morgan fingerprint density at radius 3 is 2.78 bits per heavy atom. The lowest BCUT2D eigenvalue weighted by Gasteiger charge is -2.28. The molecule has 2 saturated heterocycles. The predicted molar refractivity (Wildman–Crippen MR) is 90.9 cm³/mol. The Bertz CT molecular complexity index is 606. The third-order valence-electron chi connectivity index (χ3n) is 4.84. The second-order valence-electron chi connectivity index (χ2n) is 6.82. The molecule has 6 heteroatoms.